The molecule has 0 aliphatic rings. The van der Waals surface area contributed by atoms with Gasteiger partial charge in [-0.05, 0) is 48.2 Å². The topological polar surface area (TPSA) is 79.4 Å². The molecule has 1 aromatic carbocycles. The van der Waals surface area contributed by atoms with Gasteiger partial charge < -0.3 is 5.32 Å². The lowest BCUT2D eigenvalue weighted by molar-refractivity contribution is 0.102. The molecule has 6 nitrogen and oxygen atoms in total. The molecule has 1 heterocycles. The average Bonchev–Trinajstić information content (AvgIpc) is 2.61. The van der Waals surface area contributed by atoms with Gasteiger partial charge in [-0.1, -0.05) is 27.7 Å². The Labute approximate surface area is 161 Å². The van der Waals surface area contributed by atoms with Gasteiger partial charge in [0.25, 0.3) is 5.91 Å². The van der Waals surface area contributed by atoms with Crippen LogP contribution in [0.1, 0.15) is 38.1 Å². The fourth-order valence-electron chi connectivity index (χ4n) is 2.65. The maximum Gasteiger partial charge on any atom is 0.255 e. The lowest BCUT2D eigenvalue weighted by atomic mass is 10.2. The Morgan fingerprint density at radius 3 is 2.11 bits per heavy atom. The SMILES string of the molecule is CC(C)CN(CC(C)C)S(=O)(=O)c1ccc(C(=O)Nc2cccnc2)cc1. The van der Waals surface area contributed by atoms with Crippen molar-refractivity contribution < 1.29 is 13.2 Å². The Bertz CT molecular complexity index is 838. The maximum absolute atomic E-state index is 13.0. The third kappa shape index (κ3) is 5.87. The Morgan fingerprint density at radius 1 is 1.04 bits per heavy atom. The Hall–Kier alpha value is -2.25. The van der Waals surface area contributed by atoms with Crippen molar-refractivity contribution in [1.29, 1.82) is 0 Å². The molecule has 0 aliphatic carbocycles. The van der Waals surface area contributed by atoms with Crippen molar-refractivity contribution in [3.05, 3.63) is 54.4 Å². The van der Waals surface area contributed by atoms with E-state index in [0.29, 0.717) is 24.3 Å². The van der Waals surface area contributed by atoms with Crippen LogP contribution in [-0.4, -0.2) is 36.7 Å². The zero-order valence-corrected chi connectivity index (χ0v) is 17.0. The standard InChI is InChI=1S/C20H27N3O3S/c1-15(2)13-23(14-16(3)4)27(25,26)19-9-7-17(8-10-19)20(24)22-18-6-5-11-21-12-18/h5-12,15-16H,13-14H2,1-4H3,(H,22,24). The Kier molecular flexibility index (Phi) is 7.10. The van der Waals surface area contributed by atoms with Crippen LogP contribution in [0.5, 0.6) is 0 Å². The first-order valence-corrected chi connectivity index (χ1v) is 10.5. The summed E-state index contributed by atoms with van der Waals surface area (Å²) in [5, 5.41) is 2.73. The second-order valence-corrected chi connectivity index (χ2v) is 9.27. The highest BCUT2D eigenvalue weighted by Crippen LogP contribution is 2.20. The molecular weight excluding hydrogens is 362 g/mol. The molecule has 7 heteroatoms. The molecule has 146 valence electrons. The van der Waals surface area contributed by atoms with Crippen LogP contribution in [0, 0.1) is 11.8 Å². The number of hydrogen-bond acceptors (Lipinski definition) is 4. The normalized spacial score (nSPS) is 12.0. The Balaban J connectivity index is 2.19. The summed E-state index contributed by atoms with van der Waals surface area (Å²) in [6.07, 6.45) is 3.17. The van der Waals surface area contributed by atoms with Gasteiger partial charge in [-0.25, -0.2) is 8.42 Å². The molecular formula is C20H27N3O3S. The third-order valence-corrected chi connectivity index (χ3v) is 5.66. The first-order valence-electron chi connectivity index (χ1n) is 9.01. The molecule has 0 fully saturated rings. The van der Waals surface area contributed by atoms with Crippen LogP contribution in [0.2, 0.25) is 0 Å². The molecule has 1 aromatic heterocycles. The van der Waals surface area contributed by atoms with E-state index in [-0.39, 0.29) is 22.6 Å². The predicted octanol–water partition coefficient (Wildman–Crippen LogP) is 3.64. The number of rotatable bonds is 8. The maximum atomic E-state index is 13.0. The average molecular weight is 390 g/mol. The predicted molar refractivity (Wildman–Crippen MR) is 107 cm³/mol. The number of nitrogens with zero attached hydrogens (tertiary/aromatic N) is 2. The number of benzene rings is 1. The molecule has 0 radical (unpaired) electrons. The molecule has 0 bridgehead atoms. The summed E-state index contributed by atoms with van der Waals surface area (Å²) >= 11 is 0. The lowest BCUT2D eigenvalue weighted by Gasteiger charge is -2.25. The van der Waals surface area contributed by atoms with E-state index in [9.17, 15) is 13.2 Å². The fraction of sp³-hybridized carbons (Fsp3) is 0.400. The van der Waals surface area contributed by atoms with Gasteiger partial charge in [0.05, 0.1) is 16.8 Å². The number of pyridine rings is 1. The van der Waals surface area contributed by atoms with Crippen molar-refractivity contribution in [3.8, 4) is 0 Å². The van der Waals surface area contributed by atoms with Gasteiger partial charge in [-0.3, -0.25) is 9.78 Å². The van der Waals surface area contributed by atoms with Crippen LogP contribution in [-0.2, 0) is 10.0 Å². The minimum absolute atomic E-state index is 0.196. The van der Waals surface area contributed by atoms with Crippen LogP contribution in [0.4, 0.5) is 5.69 Å². The minimum Gasteiger partial charge on any atom is -0.321 e. The summed E-state index contributed by atoms with van der Waals surface area (Å²) in [4.78, 5) is 16.4. The van der Waals surface area contributed by atoms with Gasteiger partial charge in [-0.2, -0.15) is 4.31 Å². The number of carbonyl (C=O) groups excluding carboxylic acids is 1. The molecule has 0 saturated carbocycles. The van der Waals surface area contributed by atoms with Crippen molar-refractivity contribution in [1.82, 2.24) is 9.29 Å². The van der Waals surface area contributed by atoms with Gasteiger partial charge in [0.1, 0.15) is 0 Å². The van der Waals surface area contributed by atoms with Crippen molar-refractivity contribution in [3.63, 3.8) is 0 Å². The van der Waals surface area contributed by atoms with E-state index >= 15 is 0 Å². The van der Waals surface area contributed by atoms with E-state index in [0.717, 1.165) is 0 Å². The summed E-state index contributed by atoms with van der Waals surface area (Å²) in [7, 11) is -3.60. The highest BCUT2D eigenvalue weighted by atomic mass is 32.2. The van der Waals surface area contributed by atoms with E-state index in [1.165, 1.54) is 28.6 Å². The van der Waals surface area contributed by atoms with Crippen LogP contribution in [0.25, 0.3) is 0 Å². The number of sulfonamides is 1. The quantitative estimate of drug-likeness (QED) is 0.748. The monoisotopic (exact) mass is 389 g/mol. The fourth-order valence-corrected chi connectivity index (χ4v) is 4.42. The van der Waals surface area contributed by atoms with Crippen LogP contribution in [0.15, 0.2) is 53.7 Å². The van der Waals surface area contributed by atoms with Crippen molar-refractivity contribution in [2.24, 2.45) is 11.8 Å². The number of amides is 1. The van der Waals surface area contributed by atoms with E-state index in [1.807, 2.05) is 27.7 Å². The lowest BCUT2D eigenvalue weighted by Crippen LogP contribution is -2.37. The first-order chi connectivity index (χ1) is 12.7. The summed E-state index contributed by atoms with van der Waals surface area (Å²) in [6.45, 7) is 8.90. The summed E-state index contributed by atoms with van der Waals surface area (Å²) < 4.78 is 27.5. The largest absolute Gasteiger partial charge is 0.321 e. The molecule has 2 aromatic rings. The molecule has 0 saturated heterocycles. The highest BCUT2D eigenvalue weighted by molar-refractivity contribution is 7.89. The van der Waals surface area contributed by atoms with E-state index in [4.69, 9.17) is 0 Å². The molecule has 0 aliphatic heterocycles. The second-order valence-electron chi connectivity index (χ2n) is 7.33. The number of aromatic nitrogens is 1. The molecule has 2 rings (SSSR count). The number of nitrogens with one attached hydrogen (secondary N) is 1. The molecule has 0 atom stereocenters. The molecule has 27 heavy (non-hydrogen) atoms. The van der Waals surface area contributed by atoms with Gasteiger partial charge >= 0.3 is 0 Å². The van der Waals surface area contributed by atoms with Crippen molar-refractivity contribution in [2.75, 3.05) is 18.4 Å². The van der Waals surface area contributed by atoms with Crippen LogP contribution < -0.4 is 5.32 Å². The number of carbonyl (C=O) groups is 1. The second kappa shape index (κ2) is 9.10. The minimum atomic E-state index is -3.60. The van der Waals surface area contributed by atoms with Gasteiger partial charge in [0, 0.05) is 24.8 Å². The summed E-state index contributed by atoms with van der Waals surface area (Å²) in [5.41, 5.74) is 0.969. The smallest absolute Gasteiger partial charge is 0.255 e. The number of anilines is 1. The molecule has 0 spiro atoms. The van der Waals surface area contributed by atoms with Crippen molar-refractivity contribution in [2.45, 2.75) is 32.6 Å². The number of hydrogen-bond donors (Lipinski definition) is 1. The van der Waals surface area contributed by atoms with Crippen molar-refractivity contribution >= 4 is 21.6 Å². The van der Waals surface area contributed by atoms with E-state index in [2.05, 4.69) is 10.3 Å². The summed E-state index contributed by atoms with van der Waals surface area (Å²) in [5.74, 6) is 0.138. The Morgan fingerprint density at radius 2 is 1.63 bits per heavy atom. The summed E-state index contributed by atoms with van der Waals surface area (Å²) in [6, 6.07) is 9.49. The zero-order valence-electron chi connectivity index (χ0n) is 16.2. The first kappa shape index (κ1) is 21.1. The molecule has 1 amide bonds. The molecule has 0 unspecified atom stereocenters. The van der Waals surface area contributed by atoms with Gasteiger partial charge in [0.2, 0.25) is 10.0 Å². The molecule has 1 N–H and O–H groups in total. The van der Waals surface area contributed by atoms with Gasteiger partial charge in [0.15, 0.2) is 0 Å². The third-order valence-electron chi connectivity index (χ3n) is 3.81. The van der Waals surface area contributed by atoms with Crippen LogP contribution >= 0.6 is 0 Å². The highest BCUT2D eigenvalue weighted by Gasteiger charge is 2.26. The zero-order chi connectivity index (χ0) is 20.0. The van der Waals surface area contributed by atoms with E-state index in [1.54, 1.807) is 24.5 Å². The van der Waals surface area contributed by atoms with E-state index < -0.39 is 10.0 Å². The van der Waals surface area contributed by atoms with Gasteiger partial charge in [-0.15, -0.1) is 0 Å². The van der Waals surface area contributed by atoms with Crippen LogP contribution in [0.3, 0.4) is 0 Å².